The van der Waals surface area contributed by atoms with Crippen molar-refractivity contribution < 1.29 is 23.2 Å². The fourth-order valence-electron chi connectivity index (χ4n) is 3.46. The maximum absolute atomic E-state index is 12.6. The molecule has 2 N–H and O–H groups in total. The fraction of sp³-hybridized carbons (Fsp3) is 0.588. The Morgan fingerprint density at radius 2 is 2.04 bits per heavy atom. The van der Waals surface area contributed by atoms with E-state index in [1.54, 1.807) is 0 Å². The normalized spacial score (nSPS) is 22.4. The van der Waals surface area contributed by atoms with Gasteiger partial charge in [0, 0.05) is 30.8 Å². The summed E-state index contributed by atoms with van der Waals surface area (Å²) in [6, 6.07) is 3.46. The molecule has 3 rings (SSSR count). The molecule has 2 fully saturated rings. The Morgan fingerprint density at radius 3 is 2.56 bits per heavy atom. The molecular weight excluding hydrogens is 374 g/mol. The van der Waals surface area contributed by atoms with Crippen molar-refractivity contribution in [2.24, 2.45) is 5.92 Å². The first-order valence-corrected chi connectivity index (χ1v) is 10.4. The van der Waals surface area contributed by atoms with Crippen LogP contribution in [0, 0.1) is 23.0 Å². The lowest BCUT2D eigenvalue weighted by molar-refractivity contribution is -0.385. The van der Waals surface area contributed by atoms with Crippen molar-refractivity contribution in [2.45, 2.75) is 49.6 Å². The first-order valence-electron chi connectivity index (χ1n) is 8.89. The average Bonchev–Trinajstić information content (AvgIpc) is 3.33. The minimum Gasteiger partial charge on any atom is -0.480 e. The molecule has 27 heavy (non-hydrogen) atoms. The molecule has 0 aliphatic heterocycles. The summed E-state index contributed by atoms with van der Waals surface area (Å²) in [4.78, 5) is 23.3. The van der Waals surface area contributed by atoms with E-state index in [1.165, 1.54) is 25.1 Å². The van der Waals surface area contributed by atoms with Gasteiger partial charge in [0.2, 0.25) is 10.0 Å². The number of non-ortho nitro benzene ring substituents is 1. The van der Waals surface area contributed by atoms with Crippen molar-refractivity contribution in [1.82, 2.24) is 9.62 Å². The van der Waals surface area contributed by atoms with Crippen molar-refractivity contribution >= 4 is 21.7 Å². The minimum atomic E-state index is -3.78. The van der Waals surface area contributed by atoms with E-state index in [9.17, 15) is 23.3 Å². The van der Waals surface area contributed by atoms with Gasteiger partial charge >= 0.3 is 5.97 Å². The molecule has 0 radical (unpaired) electrons. The Balaban J connectivity index is 1.61. The van der Waals surface area contributed by atoms with Gasteiger partial charge in [-0.15, -0.1) is 0 Å². The molecule has 0 atom stereocenters. The fourth-order valence-corrected chi connectivity index (χ4v) is 4.95. The van der Waals surface area contributed by atoms with E-state index in [2.05, 4.69) is 4.72 Å². The van der Waals surface area contributed by atoms with Crippen LogP contribution in [0.5, 0.6) is 0 Å². The Hall–Kier alpha value is -2.04. The number of aryl methyl sites for hydroxylation is 1. The summed E-state index contributed by atoms with van der Waals surface area (Å²) < 4.78 is 27.8. The zero-order chi connectivity index (χ0) is 19.8. The molecule has 0 heterocycles. The van der Waals surface area contributed by atoms with Gasteiger partial charge in [0.25, 0.3) is 5.69 Å². The highest BCUT2D eigenvalue weighted by Crippen LogP contribution is 2.34. The van der Waals surface area contributed by atoms with Crippen molar-refractivity contribution in [3.8, 4) is 0 Å². The van der Waals surface area contributed by atoms with E-state index >= 15 is 0 Å². The van der Waals surface area contributed by atoms with Crippen molar-refractivity contribution in [3.63, 3.8) is 0 Å². The van der Waals surface area contributed by atoms with Crippen LogP contribution in [0.25, 0.3) is 0 Å². The van der Waals surface area contributed by atoms with Crippen molar-refractivity contribution in [2.75, 3.05) is 13.1 Å². The van der Waals surface area contributed by atoms with Crippen molar-refractivity contribution in [3.05, 3.63) is 33.9 Å². The van der Waals surface area contributed by atoms with Gasteiger partial charge < -0.3 is 5.11 Å². The maximum Gasteiger partial charge on any atom is 0.317 e. The molecule has 148 valence electrons. The van der Waals surface area contributed by atoms with E-state index in [0.29, 0.717) is 24.3 Å². The van der Waals surface area contributed by atoms with Crippen LogP contribution in [0.4, 0.5) is 5.69 Å². The van der Waals surface area contributed by atoms with Crippen LogP contribution < -0.4 is 4.72 Å². The summed E-state index contributed by atoms with van der Waals surface area (Å²) in [6.07, 6.45) is 3.37. The molecule has 2 aliphatic rings. The third kappa shape index (κ3) is 4.82. The van der Waals surface area contributed by atoms with Crippen LogP contribution in [-0.2, 0) is 14.8 Å². The number of nitro groups is 1. The second-order valence-electron chi connectivity index (χ2n) is 7.42. The number of nitro benzene ring substituents is 1. The number of hydrogen-bond donors (Lipinski definition) is 2. The van der Waals surface area contributed by atoms with E-state index in [0.717, 1.165) is 19.4 Å². The number of carboxylic acid groups (broad SMARTS) is 1. The van der Waals surface area contributed by atoms with Crippen LogP contribution >= 0.6 is 0 Å². The number of nitrogens with zero attached hydrogens (tertiary/aromatic N) is 2. The van der Waals surface area contributed by atoms with Crippen molar-refractivity contribution in [1.29, 1.82) is 0 Å². The van der Waals surface area contributed by atoms with Gasteiger partial charge in [-0.05, 0) is 50.2 Å². The van der Waals surface area contributed by atoms with Crippen LogP contribution in [0.3, 0.4) is 0 Å². The molecule has 0 unspecified atom stereocenters. The predicted molar refractivity (Wildman–Crippen MR) is 96.9 cm³/mol. The second kappa shape index (κ2) is 7.53. The number of carbonyl (C=O) groups is 1. The molecule has 0 aromatic heterocycles. The number of aliphatic carboxylic acids is 1. The molecule has 9 nitrogen and oxygen atoms in total. The zero-order valence-corrected chi connectivity index (χ0v) is 15.8. The Morgan fingerprint density at radius 1 is 1.37 bits per heavy atom. The highest BCUT2D eigenvalue weighted by atomic mass is 32.2. The standard InChI is InChI=1S/C17H23N3O6S/c1-11-6-14(20(23)24)4-5-16(11)27(25,26)18-13-7-15(8-13)19(10-17(21)22)9-12-2-3-12/h4-6,12-13,15,18H,2-3,7-10H2,1H3,(H,21,22). The first-order chi connectivity index (χ1) is 12.7. The Kier molecular flexibility index (Phi) is 5.50. The second-order valence-corrected chi connectivity index (χ2v) is 9.10. The molecular formula is C17H23N3O6S. The monoisotopic (exact) mass is 397 g/mol. The number of nitrogens with one attached hydrogen (secondary N) is 1. The molecule has 2 aliphatic carbocycles. The molecule has 2 saturated carbocycles. The Bertz CT molecular complexity index is 846. The van der Waals surface area contributed by atoms with E-state index in [4.69, 9.17) is 5.11 Å². The summed E-state index contributed by atoms with van der Waals surface area (Å²) in [6.45, 7) is 2.25. The summed E-state index contributed by atoms with van der Waals surface area (Å²) in [5, 5.41) is 19.9. The molecule has 1 aromatic rings. The molecule has 0 amide bonds. The number of benzene rings is 1. The van der Waals surface area contributed by atoms with Gasteiger partial charge in [-0.3, -0.25) is 19.8 Å². The SMILES string of the molecule is Cc1cc([N+](=O)[O-])ccc1S(=O)(=O)NC1CC(N(CC(=O)O)CC2CC2)C1. The summed E-state index contributed by atoms with van der Waals surface area (Å²) in [7, 11) is -3.78. The van der Waals surface area contributed by atoms with Gasteiger partial charge in [-0.25, -0.2) is 13.1 Å². The third-order valence-electron chi connectivity index (χ3n) is 5.14. The minimum absolute atomic E-state index is 0.0249. The van der Waals surface area contributed by atoms with Gasteiger partial charge in [0.05, 0.1) is 16.4 Å². The lowest BCUT2D eigenvalue weighted by Gasteiger charge is -2.42. The van der Waals surface area contributed by atoms with Crippen LogP contribution in [0.1, 0.15) is 31.2 Å². The number of rotatable bonds is 9. The summed E-state index contributed by atoms with van der Waals surface area (Å²) in [5.74, 6) is -0.316. The lowest BCUT2D eigenvalue weighted by Crippen LogP contribution is -2.55. The average molecular weight is 397 g/mol. The topological polar surface area (TPSA) is 130 Å². The van der Waals surface area contributed by atoms with Crippen LogP contribution in [0.2, 0.25) is 0 Å². The summed E-state index contributed by atoms with van der Waals surface area (Å²) in [5.41, 5.74) is 0.161. The van der Waals surface area contributed by atoms with Gasteiger partial charge in [-0.1, -0.05) is 0 Å². The van der Waals surface area contributed by atoms with Crippen LogP contribution in [0.15, 0.2) is 23.1 Å². The van der Waals surface area contributed by atoms with E-state index < -0.39 is 20.9 Å². The molecule has 10 heteroatoms. The van der Waals surface area contributed by atoms with Gasteiger partial charge in [-0.2, -0.15) is 0 Å². The quantitative estimate of drug-likeness (QED) is 0.477. The number of carboxylic acids is 1. The van der Waals surface area contributed by atoms with E-state index in [1.807, 2.05) is 4.90 Å². The van der Waals surface area contributed by atoms with Crippen LogP contribution in [-0.4, -0.2) is 54.5 Å². The maximum atomic E-state index is 12.6. The number of hydrogen-bond acceptors (Lipinski definition) is 6. The van der Waals surface area contributed by atoms with Gasteiger partial charge in [0.15, 0.2) is 0 Å². The Labute approximate surface area is 157 Å². The highest BCUT2D eigenvalue weighted by molar-refractivity contribution is 7.89. The zero-order valence-electron chi connectivity index (χ0n) is 15.0. The number of sulfonamides is 1. The van der Waals surface area contributed by atoms with Gasteiger partial charge in [0.1, 0.15) is 0 Å². The first kappa shape index (κ1) is 19.7. The predicted octanol–water partition coefficient (Wildman–Crippen LogP) is 1.51. The highest BCUT2D eigenvalue weighted by Gasteiger charge is 2.39. The smallest absolute Gasteiger partial charge is 0.317 e. The molecule has 0 bridgehead atoms. The lowest BCUT2D eigenvalue weighted by atomic mass is 9.86. The molecule has 0 spiro atoms. The third-order valence-corrected chi connectivity index (χ3v) is 6.82. The largest absolute Gasteiger partial charge is 0.480 e. The molecule has 1 aromatic carbocycles. The van der Waals surface area contributed by atoms with E-state index in [-0.39, 0.29) is 29.2 Å². The summed E-state index contributed by atoms with van der Waals surface area (Å²) >= 11 is 0. The molecule has 0 saturated heterocycles.